The van der Waals surface area contributed by atoms with Gasteiger partial charge in [0.2, 0.25) is 0 Å². The van der Waals surface area contributed by atoms with Crippen molar-refractivity contribution in [2.24, 2.45) is 0 Å². The van der Waals surface area contributed by atoms with Crippen molar-refractivity contribution in [2.75, 3.05) is 16.1 Å². The number of hydrogen-bond donors (Lipinski definition) is 0. The lowest BCUT2D eigenvalue weighted by atomic mass is 9.33. The summed E-state index contributed by atoms with van der Waals surface area (Å²) in [6, 6.07) is 85.0. The molecule has 324 valence electrons. The molecule has 11 aromatic carbocycles. The van der Waals surface area contributed by atoms with Gasteiger partial charge in [-0.05, 0) is 140 Å². The second-order valence-electron chi connectivity index (χ2n) is 18.5. The number of hydrogen-bond acceptors (Lipinski definition) is 4. The molecule has 4 heterocycles. The van der Waals surface area contributed by atoms with Gasteiger partial charge in [0, 0.05) is 71.3 Å². The predicted molar refractivity (Wildman–Crippen MR) is 291 cm³/mol. The fraction of sp³-hybridized carbons (Fsp3) is 0.0159. The third-order valence-corrected chi connectivity index (χ3v) is 18.5. The van der Waals surface area contributed by atoms with Gasteiger partial charge in [-0.3, -0.25) is 0 Å². The molecule has 0 atom stereocenters. The Morgan fingerprint density at radius 3 is 1.20 bits per heavy atom. The van der Waals surface area contributed by atoms with Crippen LogP contribution in [0.5, 0.6) is 0 Å². The van der Waals surface area contributed by atoms with Crippen LogP contribution in [0.4, 0.5) is 34.1 Å². The standard InChI is InChI=1S/C63H41BN2O2S/c1-69(44-22-10-4-11-23-44,45-24-12-5-13-25-45)46-36-55-61-56(37-46)66(43-20-8-3-9-21-43)63-50-39-52-48-27-15-17-29-58(48)68-60(52)35-41(50)31-33-54(63)64(61)53-32-30-40-34-59-51(47-26-14-16-28-57(47)67-59)38-49(40)62(53)65(55)42-18-6-2-7-19-42/h2-39H,1H3. The van der Waals surface area contributed by atoms with Crippen LogP contribution in [-0.2, 0) is 0 Å². The molecule has 69 heavy (non-hydrogen) atoms. The molecule has 2 aliphatic rings. The van der Waals surface area contributed by atoms with E-state index in [1.165, 1.54) is 64.6 Å². The van der Waals surface area contributed by atoms with Crippen molar-refractivity contribution in [3.05, 3.63) is 231 Å². The maximum absolute atomic E-state index is 6.55. The maximum atomic E-state index is 6.55. The first-order valence-electron chi connectivity index (χ1n) is 23.6. The summed E-state index contributed by atoms with van der Waals surface area (Å²) in [7, 11) is -1.85. The molecule has 0 amide bonds. The Balaban J connectivity index is 1.13. The summed E-state index contributed by atoms with van der Waals surface area (Å²) in [5.41, 5.74) is 14.4. The van der Waals surface area contributed by atoms with Crippen LogP contribution in [0.1, 0.15) is 0 Å². The zero-order valence-electron chi connectivity index (χ0n) is 37.6. The molecule has 0 radical (unpaired) electrons. The number of benzene rings is 11. The molecule has 0 bridgehead atoms. The number of anilines is 6. The lowest BCUT2D eigenvalue weighted by molar-refractivity contribution is 0.669. The first kappa shape index (κ1) is 38.6. The van der Waals surface area contributed by atoms with Gasteiger partial charge >= 0.3 is 0 Å². The van der Waals surface area contributed by atoms with E-state index in [-0.39, 0.29) is 6.71 Å². The fourth-order valence-corrected chi connectivity index (χ4v) is 14.7. The fourth-order valence-electron chi connectivity index (χ4n) is 11.8. The van der Waals surface area contributed by atoms with Crippen molar-refractivity contribution in [1.82, 2.24) is 0 Å². The third kappa shape index (κ3) is 5.49. The predicted octanol–water partition coefficient (Wildman–Crippen LogP) is 15.8. The van der Waals surface area contributed by atoms with Crippen LogP contribution in [0.25, 0.3) is 65.4 Å². The molecular weight excluding hydrogens is 860 g/mol. The minimum atomic E-state index is -1.85. The average Bonchev–Trinajstić information content (AvgIpc) is 3.97. The second kappa shape index (κ2) is 14.5. The first-order chi connectivity index (χ1) is 34.1. The van der Waals surface area contributed by atoms with Crippen LogP contribution in [-0.4, -0.2) is 13.0 Å². The van der Waals surface area contributed by atoms with E-state index in [0.29, 0.717) is 0 Å². The van der Waals surface area contributed by atoms with Gasteiger partial charge in [-0.2, -0.15) is 10.0 Å². The summed E-state index contributed by atoms with van der Waals surface area (Å²) < 4.78 is 13.1. The Hall–Kier alpha value is -8.45. The zero-order valence-corrected chi connectivity index (χ0v) is 38.5. The van der Waals surface area contributed by atoms with Gasteiger partial charge < -0.3 is 18.6 Å². The molecule has 0 spiro atoms. The second-order valence-corrected chi connectivity index (χ2v) is 21.8. The highest BCUT2D eigenvalue weighted by Gasteiger charge is 2.46. The smallest absolute Gasteiger partial charge is 0.252 e. The van der Waals surface area contributed by atoms with Crippen molar-refractivity contribution < 1.29 is 8.83 Å². The highest BCUT2D eigenvalue weighted by Crippen LogP contribution is 2.67. The summed E-state index contributed by atoms with van der Waals surface area (Å²) in [5.74, 6) is 0. The van der Waals surface area contributed by atoms with Crippen LogP contribution in [0.2, 0.25) is 0 Å². The number of furan rings is 2. The largest absolute Gasteiger partial charge is 0.456 e. The van der Waals surface area contributed by atoms with Crippen LogP contribution in [0.3, 0.4) is 0 Å². The van der Waals surface area contributed by atoms with Crippen LogP contribution >= 0.6 is 10.0 Å². The lowest BCUT2D eigenvalue weighted by Gasteiger charge is -2.47. The normalized spacial score (nSPS) is 13.4. The highest BCUT2D eigenvalue weighted by molar-refractivity contribution is 8.33. The van der Waals surface area contributed by atoms with E-state index >= 15 is 0 Å². The minimum absolute atomic E-state index is 0.105. The Morgan fingerprint density at radius 2 is 0.754 bits per heavy atom. The van der Waals surface area contributed by atoms with E-state index in [1.807, 2.05) is 0 Å². The van der Waals surface area contributed by atoms with Gasteiger partial charge in [-0.1, -0.05) is 133 Å². The van der Waals surface area contributed by atoms with Gasteiger partial charge in [0.05, 0.1) is 0 Å². The number of para-hydroxylation sites is 4. The van der Waals surface area contributed by atoms with E-state index in [4.69, 9.17) is 8.83 Å². The molecule has 0 saturated heterocycles. The average molecular weight is 901 g/mol. The molecule has 15 rings (SSSR count). The topological polar surface area (TPSA) is 32.8 Å². The van der Waals surface area contributed by atoms with Crippen LogP contribution in [0, 0.1) is 0 Å². The van der Waals surface area contributed by atoms with Gasteiger partial charge in [0.1, 0.15) is 22.3 Å². The van der Waals surface area contributed by atoms with E-state index < -0.39 is 10.0 Å². The van der Waals surface area contributed by atoms with Gasteiger partial charge in [-0.25, -0.2) is 0 Å². The number of nitrogens with zero attached hydrogens (tertiary/aromatic N) is 2. The summed E-state index contributed by atoms with van der Waals surface area (Å²) in [4.78, 5) is 9.06. The Kier molecular flexibility index (Phi) is 8.14. The quantitative estimate of drug-likeness (QED) is 0.161. The monoisotopic (exact) mass is 900 g/mol. The maximum Gasteiger partial charge on any atom is 0.252 e. The summed E-state index contributed by atoms with van der Waals surface area (Å²) in [6.07, 6.45) is 2.49. The minimum Gasteiger partial charge on any atom is -0.456 e. The van der Waals surface area contributed by atoms with Crippen molar-refractivity contribution in [2.45, 2.75) is 14.7 Å². The summed E-state index contributed by atoms with van der Waals surface area (Å²) >= 11 is 0. The molecule has 0 unspecified atom stereocenters. The number of fused-ring (bicyclic) bond motifs is 14. The SMILES string of the molecule is CS(c1ccccc1)(c1ccccc1)c1cc2c3c(c1)N(c1ccccc1)c1c(ccc4cc5oc6ccccc6c5cc14)B3c1ccc3cc4oc5ccccc5c4cc3c1N2c1ccccc1. The molecule has 0 saturated carbocycles. The van der Waals surface area contributed by atoms with E-state index in [1.54, 1.807) is 0 Å². The first-order valence-corrected chi connectivity index (χ1v) is 25.7. The van der Waals surface area contributed by atoms with E-state index in [9.17, 15) is 0 Å². The van der Waals surface area contributed by atoms with Crippen molar-refractivity contribution >= 4 is 133 Å². The van der Waals surface area contributed by atoms with Crippen molar-refractivity contribution in [3.8, 4) is 0 Å². The molecule has 6 heteroatoms. The molecule has 2 aliphatic heterocycles. The van der Waals surface area contributed by atoms with Crippen molar-refractivity contribution in [3.63, 3.8) is 0 Å². The molecule has 4 nitrogen and oxygen atoms in total. The molecule has 2 aromatic heterocycles. The Morgan fingerprint density at radius 1 is 0.348 bits per heavy atom. The molecule has 13 aromatic rings. The van der Waals surface area contributed by atoms with Gasteiger partial charge in [-0.15, -0.1) is 0 Å². The summed E-state index contributed by atoms with van der Waals surface area (Å²) in [6.45, 7) is -0.105. The van der Waals surface area contributed by atoms with Crippen molar-refractivity contribution in [1.29, 1.82) is 0 Å². The van der Waals surface area contributed by atoms with E-state index in [0.717, 1.165) is 66.0 Å². The molecule has 0 fully saturated rings. The van der Waals surface area contributed by atoms with Crippen LogP contribution < -0.4 is 26.2 Å². The lowest BCUT2D eigenvalue weighted by Crippen LogP contribution is -2.61. The molecule has 0 aliphatic carbocycles. The van der Waals surface area contributed by atoms with Crippen LogP contribution in [0.15, 0.2) is 254 Å². The molecule has 0 N–H and O–H groups in total. The summed E-state index contributed by atoms with van der Waals surface area (Å²) in [5, 5.41) is 9.13. The van der Waals surface area contributed by atoms with E-state index in [2.05, 4.69) is 247 Å². The van der Waals surface area contributed by atoms with Gasteiger partial charge in [0.15, 0.2) is 0 Å². The third-order valence-electron chi connectivity index (χ3n) is 14.9. The van der Waals surface area contributed by atoms with Gasteiger partial charge in [0.25, 0.3) is 6.71 Å². The zero-order chi connectivity index (χ0) is 45.4. The number of rotatable bonds is 5. The Bertz CT molecular complexity index is 3960. The Labute approximate surface area is 400 Å². The highest BCUT2D eigenvalue weighted by atomic mass is 32.3. The molecular formula is C63H41BN2O2S.